The number of hydrogen-bond acceptors (Lipinski definition) is 2. The number of nitrogens with zero attached hydrogens (tertiary/aromatic N) is 3. The van der Waals surface area contributed by atoms with Crippen LogP contribution in [0.5, 0.6) is 0 Å². The predicted molar refractivity (Wildman–Crippen MR) is 50.1 cm³/mol. The maximum atomic E-state index is 8.66. The Morgan fingerprint density at radius 1 is 1.23 bits per heavy atom. The zero-order chi connectivity index (χ0) is 9.52. The van der Waals surface area contributed by atoms with Crippen LogP contribution < -0.4 is 0 Å². The molecule has 0 aliphatic carbocycles. The van der Waals surface area contributed by atoms with Crippen LogP contribution in [0.3, 0.4) is 0 Å². The Morgan fingerprint density at radius 3 is 2.38 bits per heavy atom. The van der Waals surface area contributed by atoms with Crippen molar-refractivity contribution in [3.8, 4) is 0 Å². The zero-order valence-corrected chi connectivity index (χ0v) is 7.22. The third-order valence-corrected chi connectivity index (χ3v) is 1.74. The largest absolute Gasteiger partial charge is 0.396 e. The van der Waals surface area contributed by atoms with E-state index in [-0.39, 0.29) is 6.61 Å². The monoisotopic (exact) mass is 177 g/mol. The Kier molecular flexibility index (Phi) is 3.82. The molecule has 4 heteroatoms. The van der Waals surface area contributed by atoms with Crippen molar-refractivity contribution in [2.45, 2.75) is 13.0 Å². The smallest absolute Gasteiger partial charge is 0.0510 e. The van der Waals surface area contributed by atoms with Gasteiger partial charge in [0.05, 0.1) is 6.54 Å². The predicted octanol–water partition coefficient (Wildman–Crippen LogP) is 2.03. The van der Waals surface area contributed by atoms with Crippen LogP contribution in [-0.4, -0.2) is 11.7 Å². The fourth-order valence-corrected chi connectivity index (χ4v) is 1.05. The summed E-state index contributed by atoms with van der Waals surface area (Å²) in [4.78, 5) is 2.67. The molecule has 1 aromatic carbocycles. The number of hydrogen-bond donors (Lipinski definition) is 1. The summed E-state index contributed by atoms with van der Waals surface area (Å²) in [5.41, 5.74) is 10.2. The number of aliphatic hydroxyl groups is 1. The summed E-state index contributed by atoms with van der Waals surface area (Å²) in [5, 5.41) is 12.1. The lowest BCUT2D eigenvalue weighted by Gasteiger charge is -1.99. The Bertz CT molecular complexity index is 301. The lowest BCUT2D eigenvalue weighted by Crippen LogP contribution is -1.90. The van der Waals surface area contributed by atoms with E-state index in [1.807, 2.05) is 24.3 Å². The van der Waals surface area contributed by atoms with Gasteiger partial charge >= 0.3 is 0 Å². The normalized spacial score (nSPS) is 9.31. The molecule has 1 rings (SSSR count). The third kappa shape index (κ3) is 3.15. The summed E-state index contributed by atoms with van der Waals surface area (Å²) in [5.74, 6) is 0. The van der Waals surface area contributed by atoms with Gasteiger partial charge in [-0.1, -0.05) is 29.4 Å². The second-order valence-electron chi connectivity index (χ2n) is 2.68. The van der Waals surface area contributed by atoms with Gasteiger partial charge < -0.3 is 5.11 Å². The van der Waals surface area contributed by atoms with Crippen molar-refractivity contribution in [3.63, 3.8) is 0 Å². The first kappa shape index (κ1) is 9.58. The van der Waals surface area contributed by atoms with E-state index >= 15 is 0 Å². The van der Waals surface area contributed by atoms with Crippen molar-refractivity contribution in [2.75, 3.05) is 6.61 Å². The van der Waals surface area contributed by atoms with Gasteiger partial charge in [0, 0.05) is 11.5 Å². The van der Waals surface area contributed by atoms with E-state index in [2.05, 4.69) is 10.0 Å². The molecule has 0 amide bonds. The average Bonchev–Trinajstić information content (AvgIpc) is 2.17. The minimum Gasteiger partial charge on any atom is -0.396 e. The molecule has 0 radical (unpaired) electrons. The lowest BCUT2D eigenvalue weighted by molar-refractivity contribution is 0.299. The Morgan fingerprint density at radius 2 is 1.85 bits per heavy atom. The highest BCUT2D eigenvalue weighted by Gasteiger charge is 1.92. The molecule has 0 spiro atoms. The molecular formula is C9H11N3O. The average molecular weight is 177 g/mol. The molecule has 4 nitrogen and oxygen atoms in total. The Balaban J connectivity index is 2.63. The van der Waals surface area contributed by atoms with Crippen LogP contribution in [-0.2, 0) is 13.0 Å². The van der Waals surface area contributed by atoms with Crippen molar-refractivity contribution in [1.82, 2.24) is 0 Å². The van der Waals surface area contributed by atoms with Gasteiger partial charge in [0.25, 0.3) is 0 Å². The lowest BCUT2D eigenvalue weighted by atomic mass is 10.1. The minimum absolute atomic E-state index is 0.162. The molecule has 0 aromatic heterocycles. The number of azide groups is 1. The zero-order valence-electron chi connectivity index (χ0n) is 7.22. The number of aliphatic hydroxyl groups excluding tert-OH is 1. The summed E-state index contributed by atoms with van der Waals surface area (Å²) < 4.78 is 0. The second kappa shape index (κ2) is 5.19. The molecule has 68 valence electrons. The molecule has 0 bridgehead atoms. The SMILES string of the molecule is [N-]=[N+]=NCc1ccc(CCO)cc1. The summed E-state index contributed by atoms with van der Waals surface area (Å²) >= 11 is 0. The fourth-order valence-electron chi connectivity index (χ4n) is 1.05. The Hall–Kier alpha value is -1.51. The molecule has 0 unspecified atom stereocenters. The molecule has 0 heterocycles. The number of benzene rings is 1. The van der Waals surface area contributed by atoms with Crippen molar-refractivity contribution >= 4 is 0 Å². The van der Waals surface area contributed by atoms with Gasteiger partial charge in [-0.15, -0.1) is 0 Å². The first-order valence-corrected chi connectivity index (χ1v) is 4.06. The van der Waals surface area contributed by atoms with Gasteiger partial charge in [-0.25, -0.2) is 0 Å². The van der Waals surface area contributed by atoms with Crippen molar-refractivity contribution in [2.24, 2.45) is 5.11 Å². The molecule has 0 fully saturated rings. The van der Waals surface area contributed by atoms with E-state index in [9.17, 15) is 0 Å². The summed E-state index contributed by atoms with van der Waals surface area (Å²) in [7, 11) is 0. The summed E-state index contributed by atoms with van der Waals surface area (Å²) in [6, 6.07) is 7.66. The topological polar surface area (TPSA) is 69.0 Å². The molecule has 0 aliphatic rings. The van der Waals surface area contributed by atoms with Crippen molar-refractivity contribution in [3.05, 3.63) is 45.8 Å². The maximum absolute atomic E-state index is 8.66. The second-order valence-corrected chi connectivity index (χ2v) is 2.68. The van der Waals surface area contributed by atoms with Crippen molar-refractivity contribution < 1.29 is 5.11 Å². The molecule has 0 saturated carbocycles. The van der Waals surface area contributed by atoms with Gasteiger partial charge in [-0.2, -0.15) is 0 Å². The van der Waals surface area contributed by atoms with E-state index in [4.69, 9.17) is 10.6 Å². The molecule has 13 heavy (non-hydrogen) atoms. The Labute approximate surface area is 76.5 Å². The molecule has 1 aromatic rings. The van der Waals surface area contributed by atoms with Crippen LogP contribution >= 0.6 is 0 Å². The van der Waals surface area contributed by atoms with Crippen LogP contribution in [0, 0.1) is 0 Å². The molecule has 0 saturated heterocycles. The standard InChI is InChI=1S/C9H11N3O/c10-12-11-7-9-3-1-8(2-4-9)5-6-13/h1-4,13H,5-7H2. The quantitative estimate of drug-likeness (QED) is 0.426. The van der Waals surface area contributed by atoms with Gasteiger partial charge in [-0.05, 0) is 23.1 Å². The van der Waals surface area contributed by atoms with Crippen LogP contribution in [0.15, 0.2) is 29.4 Å². The highest BCUT2D eigenvalue weighted by molar-refractivity contribution is 5.22. The molecular weight excluding hydrogens is 166 g/mol. The first-order chi connectivity index (χ1) is 6.36. The summed E-state index contributed by atoms with van der Waals surface area (Å²) in [6.07, 6.45) is 0.668. The van der Waals surface area contributed by atoms with Crippen LogP contribution in [0.4, 0.5) is 0 Å². The van der Waals surface area contributed by atoms with E-state index < -0.39 is 0 Å². The van der Waals surface area contributed by atoms with Gasteiger partial charge in [0.2, 0.25) is 0 Å². The van der Waals surface area contributed by atoms with Crippen LogP contribution in [0.1, 0.15) is 11.1 Å². The van der Waals surface area contributed by atoms with E-state index in [1.165, 1.54) is 0 Å². The first-order valence-electron chi connectivity index (χ1n) is 4.06. The number of rotatable bonds is 4. The highest BCUT2D eigenvalue weighted by atomic mass is 16.2. The van der Waals surface area contributed by atoms with E-state index in [0.717, 1.165) is 11.1 Å². The highest BCUT2D eigenvalue weighted by Crippen LogP contribution is 2.06. The van der Waals surface area contributed by atoms with Gasteiger partial charge in [0.1, 0.15) is 0 Å². The van der Waals surface area contributed by atoms with Crippen LogP contribution in [0.2, 0.25) is 0 Å². The third-order valence-electron chi connectivity index (χ3n) is 1.74. The molecule has 1 N–H and O–H groups in total. The van der Waals surface area contributed by atoms with Crippen molar-refractivity contribution in [1.29, 1.82) is 0 Å². The summed E-state index contributed by atoms with van der Waals surface area (Å²) in [6.45, 7) is 0.547. The minimum atomic E-state index is 0.162. The fraction of sp³-hybridized carbons (Fsp3) is 0.333. The van der Waals surface area contributed by atoms with Gasteiger partial charge in [-0.3, -0.25) is 0 Å². The maximum Gasteiger partial charge on any atom is 0.0510 e. The van der Waals surface area contributed by atoms with Gasteiger partial charge in [0.15, 0.2) is 0 Å². The molecule has 0 aliphatic heterocycles. The van der Waals surface area contributed by atoms with E-state index in [0.29, 0.717) is 13.0 Å². The van der Waals surface area contributed by atoms with Crippen LogP contribution in [0.25, 0.3) is 10.4 Å². The van der Waals surface area contributed by atoms with E-state index in [1.54, 1.807) is 0 Å². The molecule has 0 atom stereocenters.